The molecule has 0 unspecified atom stereocenters. The SMILES string of the molecule is Cc1ccc(-n2ccc3cc[nH]c3c2=O)cn1. The first-order valence-corrected chi connectivity index (χ1v) is 5.37. The van der Waals surface area contributed by atoms with E-state index in [0.29, 0.717) is 5.52 Å². The van der Waals surface area contributed by atoms with E-state index in [1.807, 2.05) is 31.2 Å². The van der Waals surface area contributed by atoms with Crippen molar-refractivity contribution in [1.29, 1.82) is 0 Å². The molecule has 0 aliphatic rings. The molecule has 17 heavy (non-hydrogen) atoms. The first-order chi connectivity index (χ1) is 8.25. The largest absolute Gasteiger partial charge is 0.357 e. The van der Waals surface area contributed by atoms with E-state index in [4.69, 9.17) is 0 Å². The second kappa shape index (κ2) is 3.59. The molecule has 3 aromatic rings. The first kappa shape index (κ1) is 9.84. The topological polar surface area (TPSA) is 50.7 Å². The summed E-state index contributed by atoms with van der Waals surface area (Å²) in [6, 6.07) is 7.57. The van der Waals surface area contributed by atoms with E-state index in [9.17, 15) is 4.79 Å². The molecule has 0 bridgehead atoms. The molecule has 84 valence electrons. The average molecular weight is 225 g/mol. The van der Waals surface area contributed by atoms with Crippen LogP contribution in [0.25, 0.3) is 16.6 Å². The minimum absolute atomic E-state index is 0.0573. The zero-order valence-corrected chi connectivity index (χ0v) is 9.34. The molecule has 0 aliphatic carbocycles. The fraction of sp³-hybridized carbons (Fsp3) is 0.0769. The predicted octanol–water partition coefficient (Wildman–Crippen LogP) is 2.02. The molecular formula is C13H11N3O. The van der Waals surface area contributed by atoms with Crippen LogP contribution < -0.4 is 5.56 Å². The number of hydrogen-bond acceptors (Lipinski definition) is 2. The number of aromatic amines is 1. The van der Waals surface area contributed by atoms with E-state index in [2.05, 4.69) is 9.97 Å². The Morgan fingerprint density at radius 2 is 2.12 bits per heavy atom. The van der Waals surface area contributed by atoms with Crippen molar-refractivity contribution >= 4 is 10.9 Å². The van der Waals surface area contributed by atoms with E-state index >= 15 is 0 Å². The zero-order valence-electron chi connectivity index (χ0n) is 9.34. The molecule has 0 spiro atoms. The Labute approximate surface area is 97.6 Å². The fourth-order valence-corrected chi connectivity index (χ4v) is 1.85. The van der Waals surface area contributed by atoms with Gasteiger partial charge in [0.2, 0.25) is 0 Å². The maximum Gasteiger partial charge on any atom is 0.279 e. The van der Waals surface area contributed by atoms with Crippen LogP contribution >= 0.6 is 0 Å². The lowest BCUT2D eigenvalue weighted by molar-refractivity contribution is 0.984. The molecule has 0 aliphatic heterocycles. The summed E-state index contributed by atoms with van der Waals surface area (Å²) in [6.07, 6.45) is 5.24. The summed E-state index contributed by atoms with van der Waals surface area (Å²) in [5.41, 5.74) is 2.27. The normalized spacial score (nSPS) is 10.9. The summed E-state index contributed by atoms with van der Waals surface area (Å²) >= 11 is 0. The molecule has 3 rings (SSSR count). The molecule has 0 radical (unpaired) electrons. The molecule has 0 fully saturated rings. The Balaban J connectivity index is 2.27. The lowest BCUT2D eigenvalue weighted by Crippen LogP contribution is -2.17. The number of nitrogens with one attached hydrogen (secondary N) is 1. The molecule has 1 N–H and O–H groups in total. The molecule has 0 aromatic carbocycles. The average Bonchev–Trinajstić information content (AvgIpc) is 2.80. The van der Waals surface area contributed by atoms with Crippen LogP contribution in [-0.4, -0.2) is 14.5 Å². The molecular weight excluding hydrogens is 214 g/mol. The zero-order chi connectivity index (χ0) is 11.8. The van der Waals surface area contributed by atoms with Crippen molar-refractivity contribution in [2.24, 2.45) is 0 Å². The van der Waals surface area contributed by atoms with Crippen molar-refractivity contribution in [2.75, 3.05) is 0 Å². The van der Waals surface area contributed by atoms with Gasteiger partial charge in [0.15, 0.2) is 0 Å². The highest BCUT2D eigenvalue weighted by Gasteiger charge is 2.04. The number of hydrogen-bond donors (Lipinski definition) is 1. The molecule has 0 amide bonds. The lowest BCUT2D eigenvalue weighted by atomic mass is 10.3. The van der Waals surface area contributed by atoms with E-state index in [1.165, 1.54) is 0 Å². The van der Waals surface area contributed by atoms with Gasteiger partial charge < -0.3 is 4.98 Å². The quantitative estimate of drug-likeness (QED) is 0.688. The Morgan fingerprint density at radius 3 is 2.88 bits per heavy atom. The second-order valence-corrected chi connectivity index (χ2v) is 3.96. The van der Waals surface area contributed by atoms with Crippen molar-refractivity contribution in [3.63, 3.8) is 0 Å². The van der Waals surface area contributed by atoms with E-state index < -0.39 is 0 Å². The number of rotatable bonds is 1. The Hall–Kier alpha value is -2.36. The second-order valence-electron chi connectivity index (χ2n) is 3.96. The van der Waals surface area contributed by atoms with Crippen LogP contribution in [0.4, 0.5) is 0 Å². The van der Waals surface area contributed by atoms with Crippen LogP contribution in [0.15, 0.2) is 47.7 Å². The summed E-state index contributed by atoms with van der Waals surface area (Å²) in [7, 11) is 0. The number of pyridine rings is 2. The van der Waals surface area contributed by atoms with Crippen molar-refractivity contribution in [3.8, 4) is 5.69 Å². The van der Waals surface area contributed by atoms with Gasteiger partial charge in [0.05, 0.1) is 11.9 Å². The van der Waals surface area contributed by atoms with Gasteiger partial charge in [0, 0.05) is 23.5 Å². The minimum atomic E-state index is -0.0573. The Morgan fingerprint density at radius 1 is 1.24 bits per heavy atom. The Bertz CT molecular complexity index is 722. The van der Waals surface area contributed by atoms with Crippen molar-refractivity contribution in [1.82, 2.24) is 14.5 Å². The number of H-pyrrole nitrogens is 1. The van der Waals surface area contributed by atoms with Crippen LogP contribution in [0, 0.1) is 6.92 Å². The Kier molecular flexibility index (Phi) is 2.08. The molecule has 3 heterocycles. The highest BCUT2D eigenvalue weighted by atomic mass is 16.1. The van der Waals surface area contributed by atoms with Gasteiger partial charge in [0.25, 0.3) is 5.56 Å². The predicted molar refractivity (Wildman–Crippen MR) is 66.4 cm³/mol. The summed E-state index contributed by atoms with van der Waals surface area (Å²) in [4.78, 5) is 19.3. The molecule has 0 atom stereocenters. The summed E-state index contributed by atoms with van der Waals surface area (Å²) in [5, 5.41) is 0.923. The maximum absolute atomic E-state index is 12.2. The van der Waals surface area contributed by atoms with Crippen molar-refractivity contribution in [2.45, 2.75) is 6.92 Å². The van der Waals surface area contributed by atoms with Gasteiger partial charge in [-0.25, -0.2) is 0 Å². The smallest absolute Gasteiger partial charge is 0.279 e. The van der Waals surface area contributed by atoms with E-state index in [0.717, 1.165) is 16.8 Å². The van der Waals surface area contributed by atoms with Gasteiger partial charge in [-0.2, -0.15) is 0 Å². The molecule has 4 nitrogen and oxygen atoms in total. The van der Waals surface area contributed by atoms with Crippen LogP contribution in [0.5, 0.6) is 0 Å². The van der Waals surface area contributed by atoms with Crippen LogP contribution in [0.3, 0.4) is 0 Å². The lowest BCUT2D eigenvalue weighted by Gasteiger charge is -2.05. The van der Waals surface area contributed by atoms with Crippen LogP contribution in [0.1, 0.15) is 5.69 Å². The summed E-state index contributed by atoms with van der Waals surface area (Å²) in [6.45, 7) is 1.92. The highest BCUT2D eigenvalue weighted by Crippen LogP contribution is 2.10. The number of aromatic nitrogens is 3. The first-order valence-electron chi connectivity index (χ1n) is 5.37. The van der Waals surface area contributed by atoms with E-state index in [-0.39, 0.29) is 5.56 Å². The molecule has 4 heteroatoms. The summed E-state index contributed by atoms with van der Waals surface area (Å²) < 4.78 is 1.59. The van der Waals surface area contributed by atoms with Crippen LogP contribution in [-0.2, 0) is 0 Å². The van der Waals surface area contributed by atoms with Crippen LogP contribution in [0.2, 0.25) is 0 Å². The van der Waals surface area contributed by atoms with Gasteiger partial charge >= 0.3 is 0 Å². The molecule has 0 saturated heterocycles. The van der Waals surface area contributed by atoms with Gasteiger partial charge in [0.1, 0.15) is 5.52 Å². The van der Waals surface area contributed by atoms with Gasteiger partial charge in [-0.3, -0.25) is 14.3 Å². The van der Waals surface area contributed by atoms with Gasteiger partial charge in [-0.1, -0.05) is 0 Å². The third kappa shape index (κ3) is 1.54. The maximum atomic E-state index is 12.2. The number of nitrogens with zero attached hydrogens (tertiary/aromatic N) is 2. The number of aryl methyl sites for hydroxylation is 1. The van der Waals surface area contributed by atoms with Gasteiger partial charge in [-0.15, -0.1) is 0 Å². The van der Waals surface area contributed by atoms with Gasteiger partial charge in [-0.05, 0) is 31.2 Å². The molecule has 0 saturated carbocycles. The minimum Gasteiger partial charge on any atom is -0.357 e. The third-order valence-corrected chi connectivity index (χ3v) is 2.79. The van der Waals surface area contributed by atoms with Crippen molar-refractivity contribution < 1.29 is 0 Å². The molecule has 3 aromatic heterocycles. The monoisotopic (exact) mass is 225 g/mol. The van der Waals surface area contributed by atoms with E-state index in [1.54, 1.807) is 23.2 Å². The van der Waals surface area contributed by atoms with Crippen molar-refractivity contribution in [3.05, 3.63) is 58.9 Å². The summed E-state index contributed by atoms with van der Waals surface area (Å²) in [5.74, 6) is 0. The standard InChI is InChI=1S/C13H11N3O/c1-9-2-3-11(8-15-9)16-7-5-10-4-6-14-12(10)13(16)17/h2-8,14H,1H3. The fourth-order valence-electron chi connectivity index (χ4n) is 1.85. The number of fused-ring (bicyclic) bond motifs is 1. The third-order valence-electron chi connectivity index (χ3n) is 2.79. The highest BCUT2D eigenvalue weighted by molar-refractivity contribution is 5.78.